The summed E-state index contributed by atoms with van der Waals surface area (Å²) in [6.07, 6.45) is 2.35. The number of carbonyl (C=O) groups excluding carboxylic acids is 2. The van der Waals surface area contributed by atoms with E-state index in [1.165, 1.54) is 11.0 Å². The summed E-state index contributed by atoms with van der Waals surface area (Å²) in [5.74, 6) is -1.06. The fourth-order valence-corrected chi connectivity index (χ4v) is 4.55. The molecule has 214 valence electrons. The lowest BCUT2D eigenvalue weighted by Gasteiger charge is -2.33. The van der Waals surface area contributed by atoms with Crippen molar-refractivity contribution in [1.29, 1.82) is 0 Å². The average molecular weight is 555 g/mol. The molecule has 0 unspecified atom stereocenters. The number of nitrogens with zero attached hydrogens (tertiary/aromatic N) is 4. The van der Waals surface area contributed by atoms with Crippen LogP contribution in [0.3, 0.4) is 0 Å². The first-order chi connectivity index (χ1) is 19.0. The molecule has 1 fully saturated rings. The van der Waals surface area contributed by atoms with Crippen LogP contribution in [-0.4, -0.2) is 63.8 Å². The van der Waals surface area contributed by atoms with Crippen LogP contribution in [0.4, 0.5) is 18.4 Å². The van der Waals surface area contributed by atoms with Crippen molar-refractivity contribution >= 4 is 12.2 Å². The number of benzene rings is 2. The number of hydrogen-bond acceptors (Lipinski definition) is 5. The summed E-state index contributed by atoms with van der Waals surface area (Å²) in [6.45, 7) is 7.49. The number of rotatable bonds is 7. The maximum Gasteiger partial charge on any atom is 0.410 e. The number of hydrogen-bond donors (Lipinski definition) is 0. The summed E-state index contributed by atoms with van der Waals surface area (Å²) in [5.41, 5.74) is 1.30. The molecule has 40 heavy (non-hydrogen) atoms. The van der Waals surface area contributed by atoms with E-state index in [-0.39, 0.29) is 18.6 Å². The van der Waals surface area contributed by atoms with Crippen LogP contribution >= 0.6 is 0 Å². The molecular weight excluding hydrogens is 518 g/mol. The fourth-order valence-electron chi connectivity index (χ4n) is 4.55. The molecule has 1 saturated heterocycles. The summed E-state index contributed by atoms with van der Waals surface area (Å²) >= 11 is 0. The Morgan fingerprint density at radius 2 is 1.75 bits per heavy atom. The van der Waals surface area contributed by atoms with E-state index in [0.29, 0.717) is 50.3 Å². The van der Waals surface area contributed by atoms with E-state index in [1.807, 2.05) is 55.7 Å². The smallest absolute Gasteiger partial charge is 0.410 e. The molecule has 8 nitrogen and oxygen atoms in total. The van der Waals surface area contributed by atoms with Crippen molar-refractivity contribution in [3.63, 3.8) is 0 Å². The van der Waals surface area contributed by atoms with Gasteiger partial charge in [-0.25, -0.2) is 23.4 Å². The molecular formula is C30H36F2N4O4. The average Bonchev–Trinajstić information content (AvgIpc) is 3.36. The van der Waals surface area contributed by atoms with Gasteiger partial charge in [0.25, 0.3) is 0 Å². The Kier molecular flexibility index (Phi) is 9.07. The minimum absolute atomic E-state index is 0.0353. The number of likely N-dealkylation sites (N-methyl/N-ethyl adjacent to an activating group) is 1. The summed E-state index contributed by atoms with van der Waals surface area (Å²) in [4.78, 5) is 33.1. The first-order valence-electron chi connectivity index (χ1n) is 13.4. The molecule has 4 rings (SSSR count). The van der Waals surface area contributed by atoms with Crippen LogP contribution in [-0.2, 0) is 22.6 Å². The molecule has 3 aromatic rings. The molecule has 0 N–H and O–H groups in total. The third-order valence-corrected chi connectivity index (χ3v) is 6.73. The van der Waals surface area contributed by atoms with Crippen LogP contribution in [0.25, 0.3) is 11.3 Å². The number of ether oxygens (including phenoxy) is 2. The Labute approximate surface area is 233 Å². The summed E-state index contributed by atoms with van der Waals surface area (Å²) in [7, 11) is 1.67. The Hall–Kier alpha value is -3.95. The number of aromatic nitrogens is 2. The Balaban J connectivity index is 1.46. The largest absolute Gasteiger partial charge is 0.445 e. The van der Waals surface area contributed by atoms with Gasteiger partial charge in [0.05, 0.1) is 5.69 Å². The van der Waals surface area contributed by atoms with E-state index in [0.717, 1.165) is 23.5 Å². The van der Waals surface area contributed by atoms with Gasteiger partial charge >= 0.3 is 12.2 Å². The van der Waals surface area contributed by atoms with Crippen molar-refractivity contribution in [2.45, 2.75) is 58.3 Å². The van der Waals surface area contributed by atoms with Gasteiger partial charge in [0, 0.05) is 50.9 Å². The zero-order valence-electron chi connectivity index (χ0n) is 23.4. The standard InChI is InChI=1S/C30H36F2N4O4/c1-30(2,3)40-29(38)35-14-12-22(13-15-35)27-33-26(23-10-11-24(31)25(32)18-23)19-36(27)17-16-34(4)28(37)39-20-21-8-6-5-7-9-21/h5-11,18-19,22H,12-17,20H2,1-4H3. The molecule has 0 aliphatic carbocycles. The van der Waals surface area contributed by atoms with Crippen molar-refractivity contribution < 1.29 is 27.8 Å². The number of carbonyl (C=O) groups is 2. The minimum Gasteiger partial charge on any atom is -0.445 e. The zero-order chi connectivity index (χ0) is 28.9. The van der Waals surface area contributed by atoms with Gasteiger partial charge in [-0.3, -0.25) is 0 Å². The highest BCUT2D eigenvalue weighted by Gasteiger charge is 2.30. The van der Waals surface area contributed by atoms with Crippen molar-refractivity contribution in [1.82, 2.24) is 19.4 Å². The molecule has 0 bridgehead atoms. The van der Waals surface area contributed by atoms with Crippen LogP contribution in [0.2, 0.25) is 0 Å². The van der Waals surface area contributed by atoms with Crippen LogP contribution in [0.5, 0.6) is 0 Å². The maximum absolute atomic E-state index is 14.0. The quantitative estimate of drug-likeness (QED) is 0.347. The number of halogens is 2. The van der Waals surface area contributed by atoms with Gasteiger partial charge in [-0.05, 0) is 57.4 Å². The van der Waals surface area contributed by atoms with E-state index in [1.54, 1.807) is 18.1 Å². The monoisotopic (exact) mass is 554 g/mol. The van der Waals surface area contributed by atoms with Crippen molar-refractivity contribution in [2.24, 2.45) is 0 Å². The van der Waals surface area contributed by atoms with Gasteiger partial charge in [0.15, 0.2) is 11.6 Å². The van der Waals surface area contributed by atoms with E-state index in [2.05, 4.69) is 0 Å². The molecule has 10 heteroatoms. The second kappa shape index (κ2) is 12.5. The molecule has 1 aliphatic heterocycles. The van der Waals surface area contributed by atoms with E-state index in [4.69, 9.17) is 14.5 Å². The molecule has 0 saturated carbocycles. The topological polar surface area (TPSA) is 76.9 Å². The van der Waals surface area contributed by atoms with E-state index in [9.17, 15) is 18.4 Å². The lowest BCUT2D eigenvalue weighted by Crippen LogP contribution is -2.41. The highest BCUT2D eigenvalue weighted by atomic mass is 19.2. The highest BCUT2D eigenvalue weighted by Crippen LogP contribution is 2.31. The van der Waals surface area contributed by atoms with Gasteiger partial charge in [0.2, 0.25) is 0 Å². The van der Waals surface area contributed by atoms with Crippen LogP contribution in [0, 0.1) is 11.6 Å². The predicted octanol–water partition coefficient (Wildman–Crippen LogP) is 6.21. The number of piperidine rings is 1. The lowest BCUT2D eigenvalue weighted by atomic mass is 9.96. The number of amides is 2. The molecule has 0 spiro atoms. The molecule has 2 aromatic carbocycles. The van der Waals surface area contributed by atoms with Crippen molar-refractivity contribution in [3.05, 3.63) is 77.8 Å². The van der Waals surface area contributed by atoms with Crippen molar-refractivity contribution in [2.75, 3.05) is 26.7 Å². The summed E-state index contributed by atoms with van der Waals surface area (Å²) in [6, 6.07) is 13.1. The second-order valence-electron chi connectivity index (χ2n) is 11.0. The van der Waals surface area contributed by atoms with Gasteiger partial charge in [-0.1, -0.05) is 30.3 Å². The van der Waals surface area contributed by atoms with Crippen LogP contribution in [0.1, 0.15) is 50.9 Å². The van der Waals surface area contributed by atoms with Crippen LogP contribution < -0.4 is 0 Å². The maximum atomic E-state index is 14.0. The highest BCUT2D eigenvalue weighted by molar-refractivity contribution is 5.68. The Morgan fingerprint density at radius 1 is 1.05 bits per heavy atom. The molecule has 1 aliphatic rings. The SMILES string of the molecule is CN(CCn1cc(-c2ccc(F)c(F)c2)nc1C1CCN(C(=O)OC(C)(C)C)CC1)C(=O)OCc1ccccc1. The Bertz CT molecular complexity index is 1310. The van der Waals surface area contributed by atoms with Gasteiger partial charge in [0.1, 0.15) is 18.0 Å². The molecule has 2 amide bonds. The number of imidazole rings is 1. The molecule has 0 atom stereocenters. The normalized spacial score (nSPS) is 14.2. The lowest BCUT2D eigenvalue weighted by molar-refractivity contribution is 0.0202. The van der Waals surface area contributed by atoms with Crippen molar-refractivity contribution in [3.8, 4) is 11.3 Å². The Morgan fingerprint density at radius 3 is 2.40 bits per heavy atom. The molecule has 2 heterocycles. The first kappa shape index (κ1) is 29.0. The third-order valence-electron chi connectivity index (χ3n) is 6.73. The third kappa shape index (κ3) is 7.58. The predicted molar refractivity (Wildman–Crippen MR) is 147 cm³/mol. The van der Waals surface area contributed by atoms with Gasteiger partial charge < -0.3 is 23.8 Å². The summed E-state index contributed by atoms with van der Waals surface area (Å²) in [5, 5.41) is 0. The fraction of sp³-hybridized carbons (Fsp3) is 0.433. The van der Waals surface area contributed by atoms with Crippen LogP contribution in [0.15, 0.2) is 54.7 Å². The number of likely N-dealkylation sites (tertiary alicyclic amines) is 1. The van der Waals surface area contributed by atoms with Gasteiger partial charge in [-0.2, -0.15) is 0 Å². The summed E-state index contributed by atoms with van der Waals surface area (Å²) < 4.78 is 40.4. The molecule has 1 aromatic heterocycles. The first-order valence-corrected chi connectivity index (χ1v) is 13.4. The molecule has 0 radical (unpaired) electrons. The second-order valence-corrected chi connectivity index (χ2v) is 11.0. The van der Waals surface area contributed by atoms with E-state index >= 15 is 0 Å². The van der Waals surface area contributed by atoms with E-state index < -0.39 is 23.3 Å². The van der Waals surface area contributed by atoms with Gasteiger partial charge in [-0.15, -0.1) is 0 Å². The minimum atomic E-state index is -0.944. The zero-order valence-corrected chi connectivity index (χ0v) is 23.4.